The number of rotatable bonds is 3. The SMILES string of the molecule is O=C/C=C\C(=O)NCS. The van der Waals surface area contributed by atoms with Crippen LogP contribution in [0.25, 0.3) is 0 Å². The molecule has 0 atom stereocenters. The molecule has 0 bridgehead atoms. The van der Waals surface area contributed by atoms with Gasteiger partial charge in [0.1, 0.15) is 6.29 Å². The Bertz CT molecular complexity index is 133. The minimum Gasteiger partial charge on any atom is -0.344 e. The summed E-state index contributed by atoms with van der Waals surface area (Å²) in [5, 5.41) is 2.36. The maximum atomic E-state index is 10.4. The van der Waals surface area contributed by atoms with Crippen LogP contribution >= 0.6 is 12.6 Å². The number of carbonyl (C=O) groups is 2. The molecule has 0 rings (SSSR count). The second-order valence-corrected chi connectivity index (χ2v) is 1.51. The zero-order chi connectivity index (χ0) is 7.11. The van der Waals surface area contributed by atoms with E-state index in [1.807, 2.05) is 0 Å². The van der Waals surface area contributed by atoms with Crippen molar-refractivity contribution in [1.82, 2.24) is 5.32 Å². The third kappa shape index (κ3) is 5.10. The van der Waals surface area contributed by atoms with Gasteiger partial charge in [0.05, 0.1) is 5.88 Å². The fourth-order valence-electron chi connectivity index (χ4n) is 0.264. The first-order valence-corrected chi connectivity index (χ1v) is 2.95. The maximum absolute atomic E-state index is 10.4. The van der Waals surface area contributed by atoms with Crippen molar-refractivity contribution in [3.05, 3.63) is 12.2 Å². The van der Waals surface area contributed by atoms with Gasteiger partial charge in [-0.1, -0.05) is 0 Å². The first kappa shape index (κ1) is 8.23. The topological polar surface area (TPSA) is 46.2 Å². The van der Waals surface area contributed by atoms with Gasteiger partial charge >= 0.3 is 0 Å². The number of allylic oxidation sites excluding steroid dienone is 1. The molecule has 0 aliphatic rings. The standard InChI is InChI=1S/C5H7NO2S/c7-3-1-2-5(8)6-4-9/h1-3,9H,4H2,(H,6,8)/b2-1-. The third-order valence-electron chi connectivity index (χ3n) is 0.579. The number of nitrogens with one attached hydrogen (secondary N) is 1. The van der Waals surface area contributed by atoms with Crippen LogP contribution in [0.5, 0.6) is 0 Å². The number of hydrogen-bond acceptors (Lipinski definition) is 3. The summed E-state index contributed by atoms with van der Waals surface area (Å²) < 4.78 is 0. The molecule has 0 aliphatic heterocycles. The van der Waals surface area contributed by atoms with Crippen molar-refractivity contribution in [2.24, 2.45) is 0 Å². The Morgan fingerprint density at radius 3 is 2.78 bits per heavy atom. The molecular weight excluding hydrogens is 138 g/mol. The van der Waals surface area contributed by atoms with E-state index in [4.69, 9.17) is 0 Å². The van der Waals surface area contributed by atoms with E-state index >= 15 is 0 Å². The monoisotopic (exact) mass is 145 g/mol. The van der Waals surface area contributed by atoms with E-state index in [2.05, 4.69) is 17.9 Å². The molecule has 0 aromatic rings. The molecule has 0 aliphatic carbocycles. The molecule has 1 amide bonds. The van der Waals surface area contributed by atoms with Crippen LogP contribution in [-0.4, -0.2) is 18.1 Å². The molecule has 0 radical (unpaired) electrons. The van der Waals surface area contributed by atoms with Crippen molar-refractivity contribution in [1.29, 1.82) is 0 Å². The van der Waals surface area contributed by atoms with Gasteiger partial charge in [0.15, 0.2) is 0 Å². The molecule has 0 aromatic carbocycles. The van der Waals surface area contributed by atoms with Crippen LogP contribution < -0.4 is 5.32 Å². The molecule has 0 saturated heterocycles. The molecule has 0 unspecified atom stereocenters. The summed E-state index contributed by atoms with van der Waals surface area (Å²) in [4.78, 5) is 20.0. The fraction of sp³-hybridized carbons (Fsp3) is 0.200. The van der Waals surface area contributed by atoms with E-state index < -0.39 is 0 Å². The first-order valence-electron chi connectivity index (χ1n) is 2.31. The Morgan fingerprint density at radius 2 is 2.33 bits per heavy atom. The van der Waals surface area contributed by atoms with Crippen molar-refractivity contribution in [2.75, 3.05) is 5.88 Å². The van der Waals surface area contributed by atoms with E-state index in [-0.39, 0.29) is 11.8 Å². The molecule has 1 N–H and O–H groups in total. The number of aldehydes is 1. The van der Waals surface area contributed by atoms with Crippen LogP contribution in [0.2, 0.25) is 0 Å². The zero-order valence-electron chi connectivity index (χ0n) is 4.70. The first-order chi connectivity index (χ1) is 4.31. The summed E-state index contributed by atoms with van der Waals surface area (Å²) >= 11 is 3.73. The van der Waals surface area contributed by atoms with Crippen molar-refractivity contribution < 1.29 is 9.59 Å². The lowest BCUT2D eigenvalue weighted by Gasteiger charge is -1.90. The van der Waals surface area contributed by atoms with Gasteiger partial charge in [-0.25, -0.2) is 0 Å². The summed E-state index contributed by atoms with van der Waals surface area (Å²) in [6.07, 6.45) is 2.81. The molecule has 3 nitrogen and oxygen atoms in total. The lowest BCUT2D eigenvalue weighted by Crippen LogP contribution is -2.18. The summed E-state index contributed by atoms with van der Waals surface area (Å²) in [5.74, 6) is -0.0284. The molecular formula is C5H7NO2S. The minimum absolute atomic E-state index is 0.280. The van der Waals surface area contributed by atoms with Gasteiger partial charge in [0, 0.05) is 6.08 Å². The molecule has 50 valence electrons. The Labute approximate surface area is 58.5 Å². The van der Waals surface area contributed by atoms with E-state index in [1.54, 1.807) is 0 Å². The van der Waals surface area contributed by atoms with Gasteiger partial charge in [-0.3, -0.25) is 9.59 Å². The zero-order valence-corrected chi connectivity index (χ0v) is 5.60. The normalized spacial score (nSPS) is 9.44. The molecule has 0 fully saturated rings. The van der Waals surface area contributed by atoms with E-state index in [1.165, 1.54) is 0 Å². The Balaban J connectivity index is 3.49. The Kier molecular flexibility index (Phi) is 4.91. The van der Waals surface area contributed by atoms with Gasteiger partial charge in [0.25, 0.3) is 0 Å². The van der Waals surface area contributed by atoms with Crippen molar-refractivity contribution >= 4 is 24.8 Å². The largest absolute Gasteiger partial charge is 0.344 e. The highest BCUT2D eigenvalue weighted by atomic mass is 32.1. The molecule has 0 aromatic heterocycles. The van der Waals surface area contributed by atoms with Gasteiger partial charge in [0.2, 0.25) is 5.91 Å². The van der Waals surface area contributed by atoms with Crippen molar-refractivity contribution in [3.63, 3.8) is 0 Å². The number of hydrogen-bond donors (Lipinski definition) is 2. The second-order valence-electron chi connectivity index (χ2n) is 1.19. The van der Waals surface area contributed by atoms with Gasteiger partial charge in [-0.15, -0.1) is 0 Å². The van der Waals surface area contributed by atoms with E-state index in [9.17, 15) is 9.59 Å². The summed E-state index contributed by atoms with van der Waals surface area (Å²) in [6, 6.07) is 0. The number of amides is 1. The van der Waals surface area contributed by atoms with Gasteiger partial charge in [-0.05, 0) is 6.08 Å². The highest BCUT2D eigenvalue weighted by molar-refractivity contribution is 7.80. The van der Waals surface area contributed by atoms with Crippen LogP contribution in [0, 0.1) is 0 Å². The predicted octanol–water partition coefficient (Wildman–Crippen LogP) is -0.255. The van der Waals surface area contributed by atoms with Gasteiger partial charge in [-0.2, -0.15) is 12.6 Å². The molecule has 0 spiro atoms. The third-order valence-corrected chi connectivity index (χ3v) is 0.738. The molecule has 0 heterocycles. The Morgan fingerprint density at radius 1 is 1.67 bits per heavy atom. The number of carbonyl (C=O) groups excluding carboxylic acids is 2. The van der Waals surface area contributed by atoms with Crippen LogP contribution in [0.4, 0.5) is 0 Å². The number of thiol groups is 1. The average Bonchev–Trinajstić information content (AvgIpc) is 1.85. The Hall–Kier alpha value is -0.770. The summed E-state index contributed by atoms with van der Waals surface area (Å²) in [7, 11) is 0. The van der Waals surface area contributed by atoms with Gasteiger partial charge < -0.3 is 5.32 Å². The van der Waals surface area contributed by atoms with Crippen LogP contribution in [-0.2, 0) is 9.59 Å². The second kappa shape index (κ2) is 5.37. The minimum atomic E-state index is -0.308. The smallest absolute Gasteiger partial charge is 0.244 e. The fourth-order valence-corrected chi connectivity index (χ4v) is 0.419. The quantitative estimate of drug-likeness (QED) is 0.249. The molecule has 0 saturated carbocycles. The average molecular weight is 145 g/mol. The molecule has 4 heteroatoms. The predicted molar refractivity (Wildman–Crippen MR) is 37.2 cm³/mol. The van der Waals surface area contributed by atoms with E-state index in [0.29, 0.717) is 6.29 Å². The lowest BCUT2D eigenvalue weighted by atomic mass is 10.5. The van der Waals surface area contributed by atoms with Crippen LogP contribution in [0.15, 0.2) is 12.2 Å². The molecule has 9 heavy (non-hydrogen) atoms. The highest BCUT2D eigenvalue weighted by Gasteiger charge is 1.87. The van der Waals surface area contributed by atoms with Crippen LogP contribution in [0.3, 0.4) is 0 Å². The van der Waals surface area contributed by atoms with E-state index in [0.717, 1.165) is 12.2 Å². The maximum Gasteiger partial charge on any atom is 0.244 e. The highest BCUT2D eigenvalue weighted by Crippen LogP contribution is 1.71. The summed E-state index contributed by atoms with van der Waals surface area (Å²) in [6.45, 7) is 0. The summed E-state index contributed by atoms with van der Waals surface area (Å²) in [5.41, 5.74) is 0. The van der Waals surface area contributed by atoms with Crippen molar-refractivity contribution in [3.8, 4) is 0 Å². The van der Waals surface area contributed by atoms with Crippen LogP contribution in [0.1, 0.15) is 0 Å². The van der Waals surface area contributed by atoms with Crippen molar-refractivity contribution in [2.45, 2.75) is 0 Å². The lowest BCUT2D eigenvalue weighted by molar-refractivity contribution is -0.116.